The molecule has 4 nitrogen and oxygen atoms in total. The Balaban J connectivity index is 2.55. The maximum atomic E-state index is 11.6. The highest BCUT2D eigenvalue weighted by atomic mass is 35.5. The molecule has 6 heteroatoms. The SMILES string of the molecule is COC(=O)N1CCC(N)c2c(Cl)cc(Cl)cc21. The number of halogens is 2. The molecule has 2 rings (SSSR count). The summed E-state index contributed by atoms with van der Waals surface area (Å²) in [7, 11) is 1.34. The second-order valence-corrected chi connectivity index (χ2v) is 4.68. The second kappa shape index (κ2) is 4.72. The van der Waals surface area contributed by atoms with Crippen LogP contribution in [-0.4, -0.2) is 19.7 Å². The van der Waals surface area contributed by atoms with Gasteiger partial charge in [0, 0.05) is 28.2 Å². The third-order valence-electron chi connectivity index (χ3n) is 2.79. The number of benzene rings is 1. The van der Waals surface area contributed by atoms with Gasteiger partial charge in [-0.05, 0) is 18.6 Å². The van der Waals surface area contributed by atoms with E-state index in [0.717, 1.165) is 5.56 Å². The Bertz CT molecular complexity index is 465. The molecule has 1 aliphatic heterocycles. The Morgan fingerprint density at radius 1 is 1.53 bits per heavy atom. The number of fused-ring (bicyclic) bond motifs is 1. The number of rotatable bonds is 0. The van der Waals surface area contributed by atoms with Crippen molar-refractivity contribution < 1.29 is 9.53 Å². The molecule has 1 aromatic carbocycles. The monoisotopic (exact) mass is 274 g/mol. The van der Waals surface area contributed by atoms with E-state index in [0.29, 0.717) is 28.7 Å². The number of anilines is 1. The zero-order valence-electron chi connectivity index (χ0n) is 9.24. The largest absolute Gasteiger partial charge is 0.452 e. The van der Waals surface area contributed by atoms with E-state index in [4.69, 9.17) is 33.7 Å². The Morgan fingerprint density at radius 2 is 2.24 bits per heavy atom. The van der Waals surface area contributed by atoms with Crippen LogP contribution in [0.5, 0.6) is 0 Å². The first-order valence-corrected chi connectivity index (χ1v) is 5.90. The van der Waals surface area contributed by atoms with Crippen LogP contribution in [-0.2, 0) is 4.74 Å². The molecule has 0 bridgehead atoms. The summed E-state index contributed by atoms with van der Waals surface area (Å²) in [6.07, 6.45) is 0.209. The van der Waals surface area contributed by atoms with Gasteiger partial charge in [-0.1, -0.05) is 23.2 Å². The lowest BCUT2D eigenvalue weighted by Gasteiger charge is -2.32. The predicted octanol–water partition coefficient (Wildman–Crippen LogP) is 2.97. The van der Waals surface area contributed by atoms with Gasteiger partial charge in [-0.25, -0.2) is 4.79 Å². The summed E-state index contributed by atoms with van der Waals surface area (Å²) in [6.45, 7) is 0.498. The van der Waals surface area contributed by atoms with E-state index in [-0.39, 0.29) is 6.04 Å². The molecule has 17 heavy (non-hydrogen) atoms. The molecule has 92 valence electrons. The van der Waals surface area contributed by atoms with Crippen molar-refractivity contribution in [2.75, 3.05) is 18.6 Å². The molecular formula is C11H12Cl2N2O2. The molecule has 0 aliphatic carbocycles. The Hall–Kier alpha value is -0.970. The average Bonchev–Trinajstić information content (AvgIpc) is 2.27. The van der Waals surface area contributed by atoms with Crippen molar-refractivity contribution in [3.8, 4) is 0 Å². The van der Waals surface area contributed by atoms with E-state index in [1.54, 1.807) is 12.1 Å². The summed E-state index contributed by atoms with van der Waals surface area (Å²) >= 11 is 12.1. The van der Waals surface area contributed by atoms with Gasteiger partial charge in [0.05, 0.1) is 12.8 Å². The molecule has 0 radical (unpaired) electrons. The molecule has 0 fully saturated rings. The maximum Gasteiger partial charge on any atom is 0.414 e. The van der Waals surface area contributed by atoms with Crippen molar-refractivity contribution in [1.82, 2.24) is 0 Å². The standard InChI is InChI=1S/C11H12Cl2N2O2/c1-17-11(16)15-3-2-8(14)10-7(13)4-6(12)5-9(10)15/h4-5,8H,2-3,14H2,1H3. The number of carbonyl (C=O) groups excluding carboxylic acids is 1. The van der Waals surface area contributed by atoms with Gasteiger partial charge < -0.3 is 10.5 Å². The smallest absolute Gasteiger partial charge is 0.414 e. The number of ether oxygens (including phenoxy) is 1. The summed E-state index contributed by atoms with van der Waals surface area (Å²) in [5, 5.41) is 0.949. The fourth-order valence-corrected chi connectivity index (χ4v) is 2.62. The number of hydrogen-bond acceptors (Lipinski definition) is 3. The van der Waals surface area contributed by atoms with Crippen molar-refractivity contribution in [2.45, 2.75) is 12.5 Å². The van der Waals surface area contributed by atoms with Crippen LogP contribution in [0.2, 0.25) is 10.0 Å². The van der Waals surface area contributed by atoms with Crippen molar-refractivity contribution in [3.63, 3.8) is 0 Å². The Labute approximate surface area is 109 Å². The molecule has 1 aliphatic rings. The molecule has 1 atom stereocenters. The molecule has 0 saturated heterocycles. The third-order valence-corrected chi connectivity index (χ3v) is 3.32. The van der Waals surface area contributed by atoms with Gasteiger partial charge >= 0.3 is 6.09 Å². The minimum Gasteiger partial charge on any atom is -0.452 e. The van der Waals surface area contributed by atoms with Gasteiger partial charge in [0.1, 0.15) is 0 Å². The molecule has 0 aromatic heterocycles. The van der Waals surface area contributed by atoms with Gasteiger partial charge in [-0.2, -0.15) is 0 Å². The molecule has 1 unspecified atom stereocenters. The first-order valence-electron chi connectivity index (χ1n) is 5.14. The van der Waals surface area contributed by atoms with Crippen molar-refractivity contribution in [1.29, 1.82) is 0 Å². The van der Waals surface area contributed by atoms with Crippen molar-refractivity contribution >= 4 is 35.0 Å². The van der Waals surface area contributed by atoms with Crippen LogP contribution in [0, 0.1) is 0 Å². The lowest BCUT2D eigenvalue weighted by molar-refractivity contribution is 0.178. The van der Waals surface area contributed by atoms with Gasteiger partial charge in [-0.3, -0.25) is 4.90 Å². The number of nitrogens with two attached hydrogens (primary N) is 1. The molecule has 0 saturated carbocycles. The lowest BCUT2D eigenvalue weighted by Crippen LogP contribution is -2.38. The van der Waals surface area contributed by atoms with Crippen molar-refractivity contribution in [2.24, 2.45) is 5.73 Å². The zero-order valence-corrected chi connectivity index (χ0v) is 10.8. The number of amides is 1. The van der Waals surface area contributed by atoms with Crippen LogP contribution in [0.15, 0.2) is 12.1 Å². The summed E-state index contributed by atoms with van der Waals surface area (Å²) in [5.41, 5.74) is 7.37. The van der Waals surface area contributed by atoms with E-state index in [1.807, 2.05) is 0 Å². The second-order valence-electron chi connectivity index (χ2n) is 3.84. The summed E-state index contributed by atoms with van der Waals surface area (Å²) in [6, 6.07) is 3.12. The van der Waals surface area contributed by atoms with Crippen LogP contribution in [0.25, 0.3) is 0 Å². The minimum atomic E-state index is -0.434. The number of hydrogen-bond donors (Lipinski definition) is 1. The lowest BCUT2D eigenvalue weighted by atomic mass is 9.97. The van der Waals surface area contributed by atoms with Gasteiger partial charge in [-0.15, -0.1) is 0 Å². The fourth-order valence-electron chi connectivity index (χ4n) is 1.99. The molecule has 1 amide bonds. The molecule has 2 N–H and O–H groups in total. The van der Waals surface area contributed by atoms with Crippen LogP contribution in [0.4, 0.5) is 10.5 Å². The quantitative estimate of drug-likeness (QED) is 0.791. The highest BCUT2D eigenvalue weighted by molar-refractivity contribution is 6.35. The van der Waals surface area contributed by atoms with Crippen LogP contribution in [0.1, 0.15) is 18.0 Å². The van der Waals surface area contributed by atoms with Crippen LogP contribution >= 0.6 is 23.2 Å². The first kappa shape index (κ1) is 12.5. The summed E-state index contributed by atoms with van der Waals surface area (Å²) in [5.74, 6) is 0. The first-order chi connectivity index (χ1) is 8.04. The molecule has 0 spiro atoms. The van der Waals surface area contributed by atoms with E-state index in [9.17, 15) is 4.79 Å². The Morgan fingerprint density at radius 3 is 2.88 bits per heavy atom. The number of carbonyl (C=O) groups is 1. The summed E-state index contributed by atoms with van der Waals surface area (Å²) < 4.78 is 4.72. The van der Waals surface area contributed by atoms with E-state index >= 15 is 0 Å². The highest BCUT2D eigenvalue weighted by Crippen LogP contribution is 2.39. The Kier molecular flexibility index (Phi) is 3.47. The van der Waals surface area contributed by atoms with Crippen LogP contribution in [0.3, 0.4) is 0 Å². The molecular weight excluding hydrogens is 263 g/mol. The van der Waals surface area contributed by atoms with Crippen LogP contribution < -0.4 is 10.6 Å². The van der Waals surface area contributed by atoms with Crippen molar-refractivity contribution in [3.05, 3.63) is 27.7 Å². The summed E-state index contributed by atoms with van der Waals surface area (Å²) in [4.78, 5) is 13.1. The number of nitrogens with zero attached hydrogens (tertiary/aromatic N) is 1. The van der Waals surface area contributed by atoms with Gasteiger partial charge in [0.15, 0.2) is 0 Å². The molecule has 1 aromatic rings. The van der Waals surface area contributed by atoms with E-state index < -0.39 is 6.09 Å². The normalized spacial score (nSPS) is 18.8. The topological polar surface area (TPSA) is 55.6 Å². The highest BCUT2D eigenvalue weighted by Gasteiger charge is 2.29. The fraction of sp³-hybridized carbons (Fsp3) is 0.364. The maximum absolute atomic E-state index is 11.6. The zero-order chi connectivity index (χ0) is 12.6. The van der Waals surface area contributed by atoms with E-state index in [1.165, 1.54) is 12.0 Å². The van der Waals surface area contributed by atoms with E-state index in [2.05, 4.69) is 0 Å². The molecule has 1 heterocycles. The number of methoxy groups -OCH3 is 1. The van der Waals surface area contributed by atoms with Gasteiger partial charge in [0.2, 0.25) is 0 Å². The average molecular weight is 275 g/mol. The minimum absolute atomic E-state index is 0.185. The van der Waals surface area contributed by atoms with Gasteiger partial charge in [0.25, 0.3) is 0 Å². The predicted molar refractivity (Wildman–Crippen MR) is 67.8 cm³/mol. The third kappa shape index (κ3) is 2.20.